The van der Waals surface area contributed by atoms with Gasteiger partial charge in [-0.25, -0.2) is 0 Å². The summed E-state index contributed by atoms with van der Waals surface area (Å²) < 4.78 is 5.47. The largest absolute Gasteiger partial charge is 0.389 e. The Morgan fingerprint density at radius 2 is 2.06 bits per heavy atom. The van der Waals surface area contributed by atoms with E-state index in [1.165, 1.54) is 0 Å². The van der Waals surface area contributed by atoms with Crippen LogP contribution in [0.15, 0.2) is 0 Å². The number of ether oxygens (including phenoxy) is 1. The van der Waals surface area contributed by atoms with Crippen molar-refractivity contribution in [2.75, 3.05) is 19.7 Å². The topological polar surface area (TPSA) is 41.5 Å². The molecule has 0 aliphatic carbocycles. The summed E-state index contributed by atoms with van der Waals surface area (Å²) in [5.41, 5.74) is -0.187. The number of unbranched alkanes of at least 4 members (excludes halogenated alkanes) is 2. The lowest BCUT2D eigenvalue weighted by molar-refractivity contribution is -0.0478. The molecule has 0 aromatic heterocycles. The maximum atomic E-state index is 9.60. The molecular formula is C13H25NO2. The van der Waals surface area contributed by atoms with Crippen LogP contribution in [0.4, 0.5) is 0 Å². The van der Waals surface area contributed by atoms with Crippen molar-refractivity contribution < 1.29 is 9.84 Å². The first-order chi connectivity index (χ1) is 7.45. The Labute approximate surface area is 99.6 Å². The van der Waals surface area contributed by atoms with Gasteiger partial charge in [0.1, 0.15) is 0 Å². The maximum absolute atomic E-state index is 9.60. The third-order valence-electron chi connectivity index (χ3n) is 2.01. The summed E-state index contributed by atoms with van der Waals surface area (Å²) in [5.74, 6) is 2.61. The van der Waals surface area contributed by atoms with Crippen molar-refractivity contribution in [3.63, 3.8) is 0 Å². The van der Waals surface area contributed by atoms with Gasteiger partial charge in [-0.2, -0.15) is 0 Å². The molecule has 16 heavy (non-hydrogen) atoms. The second kappa shape index (κ2) is 8.58. The van der Waals surface area contributed by atoms with Crippen LogP contribution in [0.1, 0.15) is 40.0 Å². The monoisotopic (exact) mass is 227 g/mol. The molecule has 0 aliphatic heterocycles. The SMILES string of the molecule is C#CCCCCNCC(O)COC(C)(C)C. The van der Waals surface area contributed by atoms with Gasteiger partial charge >= 0.3 is 0 Å². The van der Waals surface area contributed by atoms with Crippen LogP contribution < -0.4 is 5.32 Å². The fourth-order valence-electron chi connectivity index (χ4n) is 1.15. The highest BCUT2D eigenvalue weighted by atomic mass is 16.5. The third kappa shape index (κ3) is 11.5. The molecule has 0 rings (SSSR count). The van der Waals surface area contributed by atoms with E-state index in [4.69, 9.17) is 11.2 Å². The molecule has 0 fully saturated rings. The summed E-state index contributed by atoms with van der Waals surface area (Å²) >= 11 is 0. The minimum atomic E-state index is -0.438. The number of aliphatic hydroxyl groups excluding tert-OH is 1. The number of aliphatic hydroxyl groups is 1. The van der Waals surface area contributed by atoms with Crippen molar-refractivity contribution in [1.29, 1.82) is 0 Å². The molecule has 2 N–H and O–H groups in total. The molecule has 3 nitrogen and oxygen atoms in total. The lowest BCUT2D eigenvalue weighted by Gasteiger charge is -2.22. The van der Waals surface area contributed by atoms with Crippen molar-refractivity contribution in [1.82, 2.24) is 5.32 Å². The van der Waals surface area contributed by atoms with Gasteiger partial charge in [-0.05, 0) is 40.2 Å². The first kappa shape index (κ1) is 15.4. The predicted molar refractivity (Wildman–Crippen MR) is 67.3 cm³/mol. The van der Waals surface area contributed by atoms with Gasteiger partial charge in [-0.1, -0.05) is 0 Å². The van der Waals surface area contributed by atoms with Crippen molar-refractivity contribution in [2.24, 2.45) is 0 Å². The van der Waals surface area contributed by atoms with Gasteiger partial charge in [0.25, 0.3) is 0 Å². The van der Waals surface area contributed by atoms with Crippen LogP contribution >= 0.6 is 0 Å². The number of terminal acetylenes is 1. The Kier molecular flexibility index (Phi) is 8.28. The van der Waals surface area contributed by atoms with E-state index in [0.29, 0.717) is 13.2 Å². The van der Waals surface area contributed by atoms with Gasteiger partial charge in [0.2, 0.25) is 0 Å². The molecule has 0 bridgehead atoms. The molecule has 0 aromatic carbocycles. The van der Waals surface area contributed by atoms with Crippen LogP contribution in [0.2, 0.25) is 0 Å². The molecule has 0 aliphatic rings. The van der Waals surface area contributed by atoms with Crippen LogP contribution in [-0.4, -0.2) is 36.5 Å². The summed E-state index contributed by atoms with van der Waals surface area (Å²) in [6.45, 7) is 7.79. The van der Waals surface area contributed by atoms with E-state index in [1.54, 1.807) is 0 Å². The smallest absolute Gasteiger partial charge is 0.0897 e. The summed E-state index contributed by atoms with van der Waals surface area (Å²) in [5, 5.41) is 12.8. The van der Waals surface area contributed by atoms with Crippen LogP contribution in [-0.2, 0) is 4.74 Å². The fraction of sp³-hybridized carbons (Fsp3) is 0.846. The van der Waals surface area contributed by atoms with E-state index in [2.05, 4.69) is 11.2 Å². The summed E-state index contributed by atoms with van der Waals surface area (Å²) in [6.07, 6.45) is 7.63. The third-order valence-corrected chi connectivity index (χ3v) is 2.01. The average Bonchev–Trinajstić information content (AvgIpc) is 2.19. The zero-order valence-electron chi connectivity index (χ0n) is 10.8. The first-order valence-corrected chi connectivity index (χ1v) is 5.92. The van der Waals surface area contributed by atoms with Crippen LogP contribution in [0, 0.1) is 12.3 Å². The molecule has 0 heterocycles. The number of hydrogen-bond acceptors (Lipinski definition) is 3. The molecule has 0 spiro atoms. The van der Waals surface area contributed by atoms with Crippen LogP contribution in [0.3, 0.4) is 0 Å². The van der Waals surface area contributed by atoms with E-state index in [-0.39, 0.29) is 5.60 Å². The van der Waals surface area contributed by atoms with Crippen molar-refractivity contribution in [2.45, 2.75) is 51.7 Å². The van der Waals surface area contributed by atoms with Crippen molar-refractivity contribution in [3.8, 4) is 12.3 Å². The average molecular weight is 227 g/mol. The lowest BCUT2D eigenvalue weighted by Crippen LogP contribution is -2.34. The number of nitrogens with one attached hydrogen (secondary N) is 1. The molecule has 94 valence electrons. The Morgan fingerprint density at radius 3 is 2.62 bits per heavy atom. The van der Waals surface area contributed by atoms with Gasteiger partial charge in [-0.15, -0.1) is 12.3 Å². The Balaban J connectivity index is 3.31. The second-order valence-corrected chi connectivity index (χ2v) is 4.94. The minimum absolute atomic E-state index is 0.187. The molecule has 0 radical (unpaired) electrons. The highest BCUT2D eigenvalue weighted by Gasteiger charge is 2.12. The second-order valence-electron chi connectivity index (χ2n) is 4.94. The van der Waals surface area contributed by atoms with Crippen LogP contribution in [0.25, 0.3) is 0 Å². The normalized spacial score (nSPS) is 13.4. The molecule has 1 atom stereocenters. The molecule has 0 amide bonds. The zero-order valence-corrected chi connectivity index (χ0v) is 10.8. The Bertz CT molecular complexity index is 203. The van der Waals surface area contributed by atoms with E-state index < -0.39 is 6.10 Å². The summed E-state index contributed by atoms with van der Waals surface area (Å²) in [7, 11) is 0. The highest BCUT2D eigenvalue weighted by Crippen LogP contribution is 2.06. The Morgan fingerprint density at radius 1 is 1.38 bits per heavy atom. The molecule has 3 heteroatoms. The summed E-state index contributed by atoms with van der Waals surface area (Å²) in [4.78, 5) is 0. The molecule has 1 unspecified atom stereocenters. The fourth-order valence-corrected chi connectivity index (χ4v) is 1.15. The lowest BCUT2D eigenvalue weighted by atomic mass is 10.2. The zero-order chi connectivity index (χ0) is 12.4. The van der Waals surface area contributed by atoms with Crippen molar-refractivity contribution in [3.05, 3.63) is 0 Å². The van der Waals surface area contributed by atoms with E-state index in [0.717, 1.165) is 25.8 Å². The molecule has 0 aromatic rings. The molecular weight excluding hydrogens is 202 g/mol. The molecule has 0 saturated carbocycles. The van der Waals surface area contributed by atoms with Gasteiger partial charge in [0.05, 0.1) is 18.3 Å². The highest BCUT2D eigenvalue weighted by molar-refractivity contribution is 4.82. The van der Waals surface area contributed by atoms with Gasteiger partial charge in [0.15, 0.2) is 0 Å². The predicted octanol–water partition coefficient (Wildman–Crippen LogP) is 1.56. The first-order valence-electron chi connectivity index (χ1n) is 5.92. The van der Waals surface area contributed by atoms with Gasteiger partial charge in [-0.3, -0.25) is 0 Å². The van der Waals surface area contributed by atoms with Crippen molar-refractivity contribution >= 4 is 0 Å². The standard InChI is InChI=1S/C13H25NO2/c1-5-6-7-8-9-14-10-12(15)11-16-13(2,3)4/h1,12,14-15H,6-11H2,2-4H3. The number of hydrogen-bond donors (Lipinski definition) is 2. The van der Waals surface area contributed by atoms with E-state index in [1.807, 2.05) is 20.8 Å². The molecule has 0 saturated heterocycles. The van der Waals surface area contributed by atoms with Gasteiger partial charge in [0, 0.05) is 13.0 Å². The minimum Gasteiger partial charge on any atom is -0.389 e. The van der Waals surface area contributed by atoms with Gasteiger partial charge < -0.3 is 15.2 Å². The Hall–Kier alpha value is -0.560. The quantitative estimate of drug-likeness (QED) is 0.488. The summed E-state index contributed by atoms with van der Waals surface area (Å²) in [6, 6.07) is 0. The maximum Gasteiger partial charge on any atom is 0.0897 e. The van der Waals surface area contributed by atoms with E-state index >= 15 is 0 Å². The van der Waals surface area contributed by atoms with Crippen LogP contribution in [0.5, 0.6) is 0 Å². The van der Waals surface area contributed by atoms with E-state index in [9.17, 15) is 5.11 Å². The number of rotatable bonds is 8.